The van der Waals surface area contributed by atoms with E-state index in [1.54, 1.807) is 55.1 Å². The highest BCUT2D eigenvalue weighted by Gasteiger charge is 2.46. The Morgan fingerprint density at radius 1 is 0.919 bits per heavy atom. The van der Waals surface area contributed by atoms with Gasteiger partial charge in [-0.25, -0.2) is 0 Å². The summed E-state index contributed by atoms with van der Waals surface area (Å²) in [7, 11) is 0. The topological polar surface area (TPSA) is 92.6 Å². The lowest BCUT2D eigenvalue weighted by Gasteiger charge is -2.25. The van der Waals surface area contributed by atoms with Gasteiger partial charge in [0, 0.05) is 36.9 Å². The Morgan fingerprint density at radius 3 is 2.32 bits per heavy atom. The first-order valence-corrected chi connectivity index (χ1v) is 11.9. The first-order valence-electron chi connectivity index (χ1n) is 11.9. The molecule has 1 saturated heterocycles. The van der Waals surface area contributed by atoms with Crippen LogP contribution >= 0.6 is 0 Å². The molecule has 4 aromatic rings. The molecule has 7 nitrogen and oxygen atoms in total. The van der Waals surface area contributed by atoms with E-state index in [4.69, 9.17) is 4.74 Å². The smallest absolute Gasteiger partial charge is 0.295 e. The summed E-state index contributed by atoms with van der Waals surface area (Å²) in [6.45, 7) is 2.40. The van der Waals surface area contributed by atoms with Gasteiger partial charge in [-0.2, -0.15) is 0 Å². The van der Waals surface area contributed by atoms with Gasteiger partial charge in [0.05, 0.1) is 11.6 Å². The number of carbonyl (C=O) groups is 2. The first-order chi connectivity index (χ1) is 18.0. The second kappa shape index (κ2) is 10.5. The highest BCUT2D eigenvalue weighted by atomic mass is 16.5. The number of aliphatic hydroxyl groups is 1. The number of carbonyl (C=O) groups excluding carboxylic acids is 2. The number of rotatable bonds is 7. The van der Waals surface area contributed by atoms with E-state index in [0.717, 1.165) is 11.1 Å². The van der Waals surface area contributed by atoms with Gasteiger partial charge in [-0.1, -0.05) is 42.5 Å². The zero-order valence-corrected chi connectivity index (χ0v) is 20.2. The number of nitrogens with zero attached hydrogens (tertiary/aromatic N) is 3. The predicted molar refractivity (Wildman–Crippen MR) is 138 cm³/mol. The number of hydrogen-bond donors (Lipinski definition) is 1. The number of benzene rings is 2. The van der Waals surface area contributed by atoms with Gasteiger partial charge in [0.2, 0.25) is 0 Å². The molecule has 2 aromatic heterocycles. The SMILES string of the molecule is Cc1cc(OCc2ccccc2)ccc1C(O)=C1C(=O)C(=O)N(Cc2cccnc2)[C@H]1c1cccnc1. The third kappa shape index (κ3) is 4.97. The van der Waals surface area contributed by atoms with Crippen LogP contribution in [0.1, 0.15) is 33.9 Å². The number of likely N-dealkylation sites (tertiary alicyclic amines) is 1. The van der Waals surface area contributed by atoms with Gasteiger partial charge in [0.1, 0.15) is 18.1 Å². The Hall–Kier alpha value is -4.78. The lowest BCUT2D eigenvalue weighted by Crippen LogP contribution is -2.29. The standard InChI is InChI=1S/C30H25N3O4/c1-20-15-24(37-19-21-7-3-2-4-8-21)11-12-25(20)28(34)26-27(23-10-6-14-32-17-23)33(30(36)29(26)35)18-22-9-5-13-31-16-22/h2-17,27,34H,18-19H2,1H3/t27-/m0/s1. The second-order valence-corrected chi connectivity index (χ2v) is 8.83. The number of ether oxygens (including phenoxy) is 1. The Morgan fingerprint density at radius 2 is 1.65 bits per heavy atom. The number of Topliss-reactive ketones (excluding diaryl/α,β-unsaturated/α-hetero) is 1. The van der Waals surface area contributed by atoms with Crippen LogP contribution in [0.2, 0.25) is 0 Å². The summed E-state index contributed by atoms with van der Waals surface area (Å²) in [4.78, 5) is 36.2. The fraction of sp³-hybridized carbons (Fsp3) is 0.133. The van der Waals surface area contributed by atoms with Gasteiger partial charge in [-0.15, -0.1) is 0 Å². The molecular formula is C30H25N3O4. The van der Waals surface area contributed by atoms with Crippen LogP contribution in [0.5, 0.6) is 5.75 Å². The van der Waals surface area contributed by atoms with Crippen LogP contribution < -0.4 is 4.74 Å². The second-order valence-electron chi connectivity index (χ2n) is 8.83. The van der Waals surface area contributed by atoms with E-state index in [0.29, 0.717) is 29.0 Å². The lowest BCUT2D eigenvalue weighted by molar-refractivity contribution is -0.140. The van der Waals surface area contributed by atoms with Crippen LogP contribution in [0.15, 0.2) is 103 Å². The van der Waals surface area contributed by atoms with Crippen molar-refractivity contribution in [2.45, 2.75) is 26.1 Å². The molecule has 3 heterocycles. The fourth-order valence-electron chi connectivity index (χ4n) is 4.49. The summed E-state index contributed by atoms with van der Waals surface area (Å²) in [5, 5.41) is 11.4. The van der Waals surface area contributed by atoms with Crippen LogP contribution in [-0.2, 0) is 22.7 Å². The third-order valence-corrected chi connectivity index (χ3v) is 6.32. The molecule has 5 rings (SSSR count). The van der Waals surface area contributed by atoms with Crippen molar-refractivity contribution in [3.05, 3.63) is 131 Å². The molecule has 184 valence electrons. The van der Waals surface area contributed by atoms with Crippen molar-refractivity contribution in [1.82, 2.24) is 14.9 Å². The Bertz CT molecular complexity index is 1450. The maximum absolute atomic E-state index is 13.3. The summed E-state index contributed by atoms with van der Waals surface area (Å²) in [6, 6.07) is 21.4. The molecule has 7 heteroatoms. The lowest BCUT2D eigenvalue weighted by atomic mass is 9.94. The van der Waals surface area contributed by atoms with E-state index in [9.17, 15) is 14.7 Å². The van der Waals surface area contributed by atoms with E-state index >= 15 is 0 Å². The van der Waals surface area contributed by atoms with Crippen LogP contribution in [0.4, 0.5) is 0 Å². The molecule has 1 aliphatic rings. The molecule has 1 fully saturated rings. The van der Waals surface area contributed by atoms with Gasteiger partial charge in [-0.05, 0) is 59.5 Å². The normalized spacial score (nSPS) is 16.7. The number of ketones is 1. The number of aromatic nitrogens is 2. The first kappa shape index (κ1) is 23.9. The van der Waals surface area contributed by atoms with Crippen molar-refractivity contribution in [2.24, 2.45) is 0 Å². The van der Waals surface area contributed by atoms with E-state index in [-0.39, 0.29) is 17.9 Å². The molecule has 0 unspecified atom stereocenters. The predicted octanol–water partition coefficient (Wildman–Crippen LogP) is 4.99. The zero-order chi connectivity index (χ0) is 25.8. The van der Waals surface area contributed by atoms with Gasteiger partial charge in [0.15, 0.2) is 0 Å². The molecule has 1 N–H and O–H groups in total. The van der Waals surface area contributed by atoms with Crippen molar-refractivity contribution in [3.63, 3.8) is 0 Å². The van der Waals surface area contributed by atoms with E-state index < -0.39 is 17.7 Å². The number of pyridine rings is 2. The molecule has 2 aromatic carbocycles. The molecule has 0 radical (unpaired) electrons. The van der Waals surface area contributed by atoms with Gasteiger partial charge >= 0.3 is 0 Å². The molecular weight excluding hydrogens is 466 g/mol. The van der Waals surface area contributed by atoms with Gasteiger partial charge in [-0.3, -0.25) is 19.6 Å². The molecule has 37 heavy (non-hydrogen) atoms. The van der Waals surface area contributed by atoms with Crippen LogP contribution in [0, 0.1) is 6.92 Å². The van der Waals surface area contributed by atoms with E-state index in [2.05, 4.69) is 9.97 Å². The van der Waals surface area contributed by atoms with Gasteiger partial charge < -0.3 is 14.7 Å². The number of aryl methyl sites for hydroxylation is 1. The highest BCUT2D eigenvalue weighted by molar-refractivity contribution is 6.46. The van der Waals surface area contributed by atoms with Crippen LogP contribution in [0.3, 0.4) is 0 Å². The van der Waals surface area contributed by atoms with E-state index in [1.165, 1.54) is 4.90 Å². The maximum atomic E-state index is 13.3. The minimum Gasteiger partial charge on any atom is -0.507 e. The molecule has 0 bridgehead atoms. The fourth-order valence-corrected chi connectivity index (χ4v) is 4.49. The minimum atomic E-state index is -0.790. The highest BCUT2D eigenvalue weighted by Crippen LogP contribution is 2.40. The summed E-state index contributed by atoms with van der Waals surface area (Å²) in [5.41, 5.74) is 3.65. The monoisotopic (exact) mass is 491 g/mol. The summed E-state index contributed by atoms with van der Waals surface area (Å²) < 4.78 is 5.90. The van der Waals surface area contributed by atoms with E-state index in [1.807, 2.05) is 49.4 Å². The van der Waals surface area contributed by atoms with Crippen molar-refractivity contribution < 1.29 is 19.4 Å². The number of hydrogen-bond acceptors (Lipinski definition) is 6. The Kier molecular flexibility index (Phi) is 6.76. The van der Waals surface area contributed by atoms with Crippen molar-refractivity contribution in [2.75, 3.05) is 0 Å². The summed E-state index contributed by atoms with van der Waals surface area (Å²) in [5.74, 6) is -1.01. The van der Waals surface area contributed by atoms with Crippen LogP contribution in [-0.4, -0.2) is 31.7 Å². The van der Waals surface area contributed by atoms with Crippen molar-refractivity contribution >= 4 is 17.4 Å². The molecule has 1 atom stereocenters. The molecule has 1 aliphatic heterocycles. The maximum Gasteiger partial charge on any atom is 0.295 e. The average Bonchev–Trinajstić information content (AvgIpc) is 3.18. The average molecular weight is 492 g/mol. The largest absolute Gasteiger partial charge is 0.507 e. The summed E-state index contributed by atoms with van der Waals surface area (Å²) in [6.07, 6.45) is 6.52. The minimum absolute atomic E-state index is 0.0305. The molecule has 0 aliphatic carbocycles. The quantitative estimate of drug-likeness (QED) is 0.223. The van der Waals surface area contributed by atoms with Crippen molar-refractivity contribution in [1.29, 1.82) is 0 Å². The number of aliphatic hydroxyl groups excluding tert-OH is 1. The molecule has 0 saturated carbocycles. The summed E-state index contributed by atoms with van der Waals surface area (Å²) >= 11 is 0. The van der Waals surface area contributed by atoms with Gasteiger partial charge in [0.25, 0.3) is 11.7 Å². The third-order valence-electron chi connectivity index (χ3n) is 6.32. The van der Waals surface area contributed by atoms with Crippen molar-refractivity contribution in [3.8, 4) is 5.75 Å². The Labute approximate surface area is 214 Å². The van der Waals surface area contributed by atoms with Crippen LogP contribution in [0.25, 0.3) is 5.76 Å². The molecule has 1 amide bonds. The molecule has 0 spiro atoms. The Balaban J connectivity index is 1.51. The zero-order valence-electron chi connectivity index (χ0n) is 20.2. The number of amides is 1.